The SMILES string of the molecule is C/C=C(\C(=O)OCC)C(O)C(F)(F)F. The van der Waals surface area contributed by atoms with Gasteiger partial charge in [-0.05, 0) is 13.8 Å². The molecule has 0 saturated carbocycles. The van der Waals surface area contributed by atoms with Crippen LogP contribution in [0.15, 0.2) is 11.6 Å². The fraction of sp³-hybridized carbons (Fsp3) is 0.625. The molecule has 82 valence electrons. The number of alkyl halides is 3. The fourth-order valence-corrected chi connectivity index (χ4v) is 0.778. The van der Waals surface area contributed by atoms with E-state index in [1.165, 1.54) is 13.8 Å². The van der Waals surface area contributed by atoms with Gasteiger partial charge in [0.05, 0.1) is 12.2 Å². The van der Waals surface area contributed by atoms with Crippen molar-refractivity contribution in [3.8, 4) is 0 Å². The highest BCUT2D eigenvalue weighted by molar-refractivity contribution is 5.89. The first kappa shape index (κ1) is 13.0. The van der Waals surface area contributed by atoms with Gasteiger partial charge in [-0.25, -0.2) is 4.79 Å². The number of aliphatic hydroxyl groups is 1. The molecule has 1 N–H and O–H groups in total. The zero-order valence-corrected chi connectivity index (χ0v) is 7.76. The first-order valence-corrected chi connectivity index (χ1v) is 3.92. The molecule has 0 amide bonds. The first-order chi connectivity index (χ1) is 6.34. The van der Waals surface area contributed by atoms with E-state index < -0.39 is 23.8 Å². The van der Waals surface area contributed by atoms with Gasteiger partial charge in [0.1, 0.15) is 0 Å². The van der Waals surface area contributed by atoms with Gasteiger partial charge in [-0.1, -0.05) is 6.08 Å². The van der Waals surface area contributed by atoms with E-state index in [0.717, 1.165) is 6.08 Å². The molecule has 0 fully saturated rings. The van der Waals surface area contributed by atoms with Crippen molar-refractivity contribution in [2.75, 3.05) is 6.61 Å². The zero-order valence-electron chi connectivity index (χ0n) is 7.76. The van der Waals surface area contributed by atoms with Gasteiger partial charge in [0, 0.05) is 0 Å². The van der Waals surface area contributed by atoms with E-state index >= 15 is 0 Å². The van der Waals surface area contributed by atoms with Gasteiger partial charge >= 0.3 is 12.1 Å². The molecule has 0 rings (SSSR count). The van der Waals surface area contributed by atoms with Gasteiger partial charge in [0.2, 0.25) is 0 Å². The predicted molar refractivity (Wildman–Crippen MR) is 42.5 cm³/mol. The molecule has 0 aliphatic heterocycles. The summed E-state index contributed by atoms with van der Waals surface area (Å²) in [5, 5.41) is 8.75. The summed E-state index contributed by atoms with van der Waals surface area (Å²) in [6.45, 7) is 2.65. The van der Waals surface area contributed by atoms with Crippen LogP contribution in [0, 0.1) is 0 Å². The summed E-state index contributed by atoms with van der Waals surface area (Å²) in [7, 11) is 0. The number of allylic oxidation sites excluding steroid dienone is 1. The number of carbonyl (C=O) groups is 1. The fourth-order valence-electron chi connectivity index (χ4n) is 0.778. The van der Waals surface area contributed by atoms with Crippen molar-refractivity contribution < 1.29 is 27.8 Å². The van der Waals surface area contributed by atoms with Gasteiger partial charge in [-0.3, -0.25) is 0 Å². The standard InChI is InChI=1S/C8H11F3O3/c1-3-5(7(13)14-4-2)6(12)8(9,10)11/h3,6,12H,4H2,1-2H3/b5-3-. The van der Waals surface area contributed by atoms with E-state index in [0.29, 0.717) is 0 Å². The number of hydrogen-bond donors (Lipinski definition) is 1. The van der Waals surface area contributed by atoms with Gasteiger partial charge in [0.25, 0.3) is 0 Å². The van der Waals surface area contributed by atoms with Crippen molar-refractivity contribution in [1.29, 1.82) is 0 Å². The maximum atomic E-state index is 12.0. The minimum absolute atomic E-state index is 0.0409. The van der Waals surface area contributed by atoms with E-state index in [1.54, 1.807) is 0 Å². The van der Waals surface area contributed by atoms with Crippen LogP contribution in [0.25, 0.3) is 0 Å². The molecule has 0 radical (unpaired) electrons. The van der Waals surface area contributed by atoms with Crippen LogP contribution in [0.3, 0.4) is 0 Å². The third-order valence-electron chi connectivity index (χ3n) is 1.43. The molecular weight excluding hydrogens is 201 g/mol. The van der Waals surface area contributed by atoms with Crippen LogP contribution in [0.1, 0.15) is 13.8 Å². The number of rotatable bonds is 3. The summed E-state index contributed by atoms with van der Waals surface area (Å²) >= 11 is 0. The van der Waals surface area contributed by atoms with Crippen LogP contribution >= 0.6 is 0 Å². The normalized spacial score (nSPS) is 15.1. The Kier molecular flexibility index (Phi) is 4.62. The summed E-state index contributed by atoms with van der Waals surface area (Å²) in [5.41, 5.74) is -0.792. The number of ether oxygens (including phenoxy) is 1. The molecule has 0 aliphatic carbocycles. The lowest BCUT2D eigenvalue weighted by Crippen LogP contribution is -2.34. The number of aliphatic hydroxyl groups excluding tert-OH is 1. The Morgan fingerprint density at radius 2 is 2.07 bits per heavy atom. The van der Waals surface area contributed by atoms with E-state index in [-0.39, 0.29) is 6.61 Å². The van der Waals surface area contributed by atoms with Gasteiger partial charge in [-0.15, -0.1) is 0 Å². The molecule has 1 unspecified atom stereocenters. The molecule has 0 aromatic carbocycles. The lowest BCUT2D eigenvalue weighted by molar-refractivity contribution is -0.194. The Morgan fingerprint density at radius 3 is 2.36 bits per heavy atom. The molecule has 0 spiro atoms. The summed E-state index contributed by atoms with van der Waals surface area (Å²) in [6, 6.07) is 0. The van der Waals surface area contributed by atoms with Crippen LogP contribution in [0.5, 0.6) is 0 Å². The molecular formula is C8H11F3O3. The molecule has 0 heterocycles. The summed E-state index contributed by atoms with van der Waals surface area (Å²) in [4.78, 5) is 10.9. The topological polar surface area (TPSA) is 46.5 Å². The quantitative estimate of drug-likeness (QED) is 0.568. The smallest absolute Gasteiger partial charge is 0.418 e. The molecule has 1 atom stereocenters. The predicted octanol–water partition coefficient (Wildman–Crippen LogP) is 1.42. The summed E-state index contributed by atoms with van der Waals surface area (Å²) in [6.07, 6.45) is -6.75. The highest BCUT2D eigenvalue weighted by Gasteiger charge is 2.43. The van der Waals surface area contributed by atoms with E-state index in [9.17, 15) is 18.0 Å². The third kappa shape index (κ3) is 3.37. The lowest BCUT2D eigenvalue weighted by atomic mass is 10.1. The third-order valence-corrected chi connectivity index (χ3v) is 1.43. The van der Waals surface area contributed by atoms with Crippen molar-refractivity contribution in [3.63, 3.8) is 0 Å². The van der Waals surface area contributed by atoms with Crippen LogP contribution < -0.4 is 0 Å². The van der Waals surface area contributed by atoms with E-state index in [1.807, 2.05) is 0 Å². The van der Waals surface area contributed by atoms with Crippen LogP contribution in [-0.2, 0) is 9.53 Å². The average Bonchev–Trinajstić information content (AvgIpc) is 2.04. The zero-order chi connectivity index (χ0) is 11.4. The lowest BCUT2D eigenvalue weighted by Gasteiger charge is -2.16. The highest BCUT2D eigenvalue weighted by Crippen LogP contribution is 2.25. The molecule has 0 aromatic rings. The van der Waals surface area contributed by atoms with Crippen molar-refractivity contribution in [2.24, 2.45) is 0 Å². The van der Waals surface area contributed by atoms with Crippen molar-refractivity contribution >= 4 is 5.97 Å². The van der Waals surface area contributed by atoms with Gasteiger partial charge < -0.3 is 9.84 Å². The van der Waals surface area contributed by atoms with E-state index in [4.69, 9.17) is 5.11 Å². The number of halogens is 3. The maximum absolute atomic E-state index is 12.0. The molecule has 0 bridgehead atoms. The maximum Gasteiger partial charge on any atom is 0.418 e. The average molecular weight is 212 g/mol. The van der Waals surface area contributed by atoms with E-state index in [2.05, 4.69) is 4.74 Å². The first-order valence-electron chi connectivity index (χ1n) is 3.92. The van der Waals surface area contributed by atoms with Crippen molar-refractivity contribution in [1.82, 2.24) is 0 Å². The van der Waals surface area contributed by atoms with Crippen molar-refractivity contribution in [3.05, 3.63) is 11.6 Å². The molecule has 14 heavy (non-hydrogen) atoms. The molecule has 0 saturated heterocycles. The molecule has 6 heteroatoms. The Labute approximate surface area is 79.2 Å². The van der Waals surface area contributed by atoms with Crippen molar-refractivity contribution in [2.45, 2.75) is 26.1 Å². The summed E-state index contributed by atoms with van der Waals surface area (Å²) < 4.78 is 40.3. The Bertz CT molecular complexity index is 232. The monoisotopic (exact) mass is 212 g/mol. The minimum atomic E-state index is -4.85. The second kappa shape index (κ2) is 4.99. The molecule has 0 aliphatic rings. The second-order valence-corrected chi connectivity index (χ2v) is 2.41. The number of esters is 1. The number of carbonyl (C=O) groups excluding carboxylic acids is 1. The van der Waals surface area contributed by atoms with Gasteiger partial charge in [0.15, 0.2) is 6.10 Å². The second-order valence-electron chi connectivity index (χ2n) is 2.41. The largest absolute Gasteiger partial charge is 0.463 e. The Morgan fingerprint density at radius 1 is 1.57 bits per heavy atom. The van der Waals surface area contributed by atoms with Crippen LogP contribution in [-0.4, -0.2) is 30.0 Å². The van der Waals surface area contributed by atoms with Crippen LogP contribution in [0.2, 0.25) is 0 Å². The van der Waals surface area contributed by atoms with Gasteiger partial charge in [-0.2, -0.15) is 13.2 Å². The highest BCUT2D eigenvalue weighted by atomic mass is 19.4. The molecule has 0 aromatic heterocycles. The van der Waals surface area contributed by atoms with Crippen LogP contribution in [0.4, 0.5) is 13.2 Å². The Balaban J connectivity index is 4.67. The number of hydrogen-bond acceptors (Lipinski definition) is 3. The minimum Gasteiger partial charge on any atom is -0.463 e. The Hall–Kier alpha value is -1.04. The molecule has 3 nitrogen and oxygen atoms in total. The summed E-state index contributed by atoms with van der Waals surface area (Å²) in [5.74, 6) is -1.15.